The van der Waals surface area contributed by atoms with E-state index in [0.717, 1.165) is 26.2 Å². The van der Waals surface area contributed by atoms with E-state index in [4.69, 9.17) is 5.73 Å². The van der Waals surface area contributed by atoms with Gasteiger partial charge in [-0.2, -0.15) is 11.8 Å². The molecule has 1 amide bonds. The van der Waals surface area contributed by atoms with Gasteiger partial charge >= 0.3 is 0 Å². The Balaban J connectivity index is 0. The second-order valence-electron chi connectivity index (χ2n) is 3.99. The Labute approximate surface area is 120 Å². The smallest absolute Gasteiger partial charge is 0.221 e. The summed E-state index contributed by atoms with van der Waals surface area (Å²) in [6.45, 7) is 5.85. The van der Waals surface area contributed by atoms with E-state index in [1.807, 2.05) is 18.7 Å². The van der Waals surface area contributed by atoms with Crippen LogP contribution in [0.5, 0.6) is 0 Å². The van der Waals surface area contributed by atoms with E-state index in [2.05, 4.69) is 10.2 Å². The molecule has 1 fully saturated rings. The molecule has 4 nitrogen and oxygen atoms in total. The number of carbonyl (C=O) groups is 1. The van der Waals surface area contributed by atoms with E-state index in [-0.39, 0.29) is 36.8 Å². The zero-order valence-electron chi connectivity index (χ0n) is 10.2. The molecule has 0 saturated carbocycles. The molecule has 1 aliphatic heterocycles. The molecule has 104 valence electrons. The van der Waals surface area contributed by atoms with Crippen molar-refractivity contribution in [1.29, 1.82) is 0 Å². The van der Waals surface area contributed by atoms with Gasteiger partial charge in [-0.3, -0.25) is 9.69 Å². The first kappa shape index (κ1) is 19.7. The fourth-order valence-corrected chi connectivity index (χ4v) is 2.52. The van der Waals surface area contributed by atoms with Crippen LogP contribution in [0.2, 0.25) is 0 Å². The second-order valence-corrected chi connectivity index (χ2v) is 5.21. The molecule has 0 spiro atoms. The molecule has 0 aromatic carbocycles. The number of halogens is 2. The number of nitrogens with zero attached hydrogens (tertiary/aromatic N) is 1. The highest BCUT2D eigenvalue weighted by Gasteiger charge is 2.10. The maximum atomic E-state index is 11.3. The van der Waals surface area contributed by atoms with Gasteiger partial charge in [0.15, 0.2) is 0 Å². The Hall–Kier alpha value is 0.320. The summed E-state index contributed by atoms with van der Waals surface area (Å²) in [7, 11) is 0. The highest BCUT2D eigenvalue weighted by molar-refractivity contribution is 7.99. The molecule has 0 radical (unpaired) electrons. The molecule has 17 heavy (non-hydrogen) atoms. The summed E-state index contributed by atoms with van der Waals surface area (Å²) in [5, 5.41) is 2.89. The van der Waals surface area contributed by atoms with Crippen LogP contribution in [-0.2, 0) is 4.79 Å². The van der Waals surface area contributed by atoms with Crippen LogP contribution in [-0.4, -0.2) is 54.5 Å². The van der Waals surface area contributed by atoms with E-state index in [1.165, 1.54) is 11.5 Å². The Morgan fingerprint density at radius 2 is 2.00 bits per heavy atom. The van der Waals surface area contributed by atoms with Gasteiger partial charge in [0, 0.05) is 50.1 Å². The maximum absolute atomic E-state index is 11.3. The van der Waals surface area contributed by atoms with Crippen molar-refractivity contribution in [3.05, 3.63) is 0 Å². The molecular weight excluding hydrogens is 281 g/mol. The first-order valence-corrected chi connectivity index (χ1v) is 6.66. The van der Waals surface area contributed by atoms with Crippen molar-refractivity contribution in [1.82, 2.24) is 10.2 Å². The zero-order chi connectivity index (χ0) is 11.1. The minimum Gasteiger partial charge on any atom is -0.355 e. The van der Waals surface area contributed by atoms with Crippen LogP contribution in [0, 0.1) is 0 Å². The number of nitrogens with one attached hydrogen (secondary N) is 1. The fraction of sp³-hybridized carbons (Fsp3) is 0.900. The van der Waals surface area contributed by atoms with Crippen molar-refractivity contribution in [3.8, 4) is 0 Å². The van der Waals surface area contributed by atoms with Crippen LogP contribution in [0.1, 0.15) is 13.3 Å². The second kappa shape index (κ2) is 11.4. The van der Waals surface area contributed by atoms with Crippen LogP contribution in [0.4, 0.5) is 0 Å². The molecule has 0 aliphatic carbocycles. The summed E-state index contributed by atoms with van der Waals surface area (Å²) >= 11 is 2.00. The Kier molecular flexibility index (Phi) is 13.2. The number of rotatable bonds is 5. The van der Waals surface area contributed by atoms with E-state index in [9.17, 15) is 4.79 Å². The largest absolute Gasteiger partial charge is 0.355 e. The normalized spacial score (nSPS) is 17.5. The summed E-state index contributed by atoms with van der Waals surface area (Å²) in [5.41, 5.74) is 5.53. The van der Waals surface area contributed by atoms with Gasteiger partial charge in [0.2, 0.25) is 5.91 Å². The molecule has 1 rings (SSSR count). The quantitative estimate of drug-likeness (QED) is 0.786. The third-order valence-corrected chi connectivity index (χ3v) is 3.30. The van der Waals surface area contributed by atoms with Crippen LogP contribution < -0.4 is 11.1 Å². The lowest BCUT2D eigenvalue weighted by atomic mass is 10.2. The molecule has 7 heteroatoms. The minimum atomic E-state index is -0.0450. The van der Waals surface area contributed by atoms with Gasteiger partial charge in [0.05, 0.1) is 0 Å². The standard InChI is InChI=1S/C10H21N3OS.2ClH/c1-9(11)8-10(14)12-2-3-13-4-6-15-7-5-13;;/h9H,2-8,11H2,1H3,(H,12,14);2*1H. The van der Waals surface area contributed by atoms with Crippen molar-refractivity contribution in [3.63, 3.8) is 0 Å². The molecule has 0 aromatic heterocycles. The van der Waals surface area contributed by atoms with Crippen molar-refractivity contribution < 1.29 is 4.79 Å². The van der Waals surface area contributed by atoms with Crippen molar-refractivity contribution in [2.75, 3.05) is 37.7 Å². The van der Waals surface area contributed by atoms with E-state index in [1.54, 1.807) is 0 Å². The molecule has 0 bridgehead atoms. The lowest BCUT2D eigenvalue weighted by Gasteiger charge is -2.26. The van der Waals surface area contributed by atoms with Gasteiger partial charge in [0.1, 0.15) is 0 Å². The van der Waals surface area contributed by atoms with Crippen LogP contribution >= 0.6 is 36.6 Å². The van der Waals surface area contributed by atoms with Gasteiger partial charge in [-0.05, 0) is 6.92 Å². The zero-order valence-corrected chi connectivity index (χ0v) is 12.6. The van der Waals surface area contributed by atoms with Gasteiger partial charge < -0.3 is 11.1 Å². The molecule has 1 aliphatic rings. The van der Waals surface area contributed by atoms with Gasteiger partial charge in [-0.1, -0.05) is 0 Å². The monoisotopic (exact) mass is 303 g/mol. The molecule has 1 saturated heterocycles. The Morgan fingerprint density at radius 3 is 2.53 bits per heavy atom. The van der Waals surface area contributed by atoms with Gasteiger partial charge in [0.25, 0.3) is 0 Å². The molecule has 1 heterocycles. The fourth-order valence-electron chi connectivity index (χ4n) is 1.54. The number of nitrogens with two attached hydrogens (primary N) is 1. The molecular formula is C10H23Cl2N3OS. The summed E-state index contributed by atoms with van der Waals surface area (Å²) in [5.74, 6) is 2.50. The highest BCUT2D eigenvalue weighted by atomic mass is 35.5. The predicted molar refractivity (Wildman–Crippen MR) is 79.5 cm³/mol. The lowest BCUT2D eigenvalue weighted by molar-refractivity contribution is -0.121. The Morgan fingerprint density at radius 1 is 1.41 bits per heavy atom. The van der Waals surface area contributed by atoms with Crippen LogP contribution in [0.25, 0.3) is 0 Å². The minimum absolute atomic E-state index is 0. The van der Waals surface area contributed by atoms with Crippen molar-refractivity contribution in [2.45, 2.75) is 19.4 Å². The summed E-state index contributed by atoms with van der Waals surface area (Å²) < 4.78 is 0. The maximum Gasteiger partial charge on any atom is 0.221 e. The number of amides is 1. The third kappa shape index (κ3) is 9.97. The lowest BCUT2D eigenvalue weighted by Crippen LogP contribution is -2.40. The topological polar surface area (TPSA) is 58.4 Å². The Bertz CT molecular complexity index is 202. The highest BCUT2D eigenvalue weighted by Crippen LogP contribution is 2.07. The summed E-state index contributed by atoms with van der Waals surface area (Å²) in [6.07, 6.45) is 0.426. The number of hydrogen-bond acceptors (Lipinski definition) is 4. The SMILES string of the molecule is CC(N)CC(=O)NCCN1CCSCC1.Cl.Cl. The van der Waals surface area contributed by atoms with Gasteiger partial charge in [-0.15, -0.1) is 24.8 Å². The molecule has 1 unspecified atom stereocenters. The summed E-state index contributed by atoms with van der Waals surface area (Å²) in [6, 6.07) is -0.0450. The third-order valence-electron chi connectivity index (χ3n) is 2.36. The van der Waals surface area contributed by atoms with Crippen molar-refractivity contribution in [2.24, 2.45) is 5.73 Å². The van der Waals surface area contributed by atoms with E-state index in [0.29, 0.717) is 6.42 Å². The first-order valence-electron chi connectivity index (χ1n) is 5.51. The average molecular weight is 304 g/mol. The van der Waals surface area contributed by atoms with E-state index < -0.39 is 0 Å². The number of carbonyl (C=O) groups excluding carboxylic acids is 1. The molecule has 1 atom stereocenters. The molecule has 3 N–H and O–H groups in total. The summed E-state index contributed by atoms with van der Waals surface area (Å²) in [4.78, 5) is 13.7. The van der Waals surface area contributed by atoms with Crippen LogP contribution in [0.15, 0.2) is 0 Å². The first-order chi connectivity index (χ1) is 7.18. The van der Waals surface area contributed by atoms with E-state index >= 15 is 0 Å². The van der Waals surface area contributed by atoms with Crippen LogP contribution in [0.3, 0.4) is 0 Å². The number of thioether (sulfide) groups is 1. The predicted octanol–water partition coefficient (Wildman–Crippen LogP) is 0.732. The molecule has 0 aromatic rings. The van der Waals surface area contributed by atoms with Gasteiger partial charge in [-0.25, -0.2) is 0 Å². The number of hydrogen-bond donors (Lipinski definition) is 2. The average Bonchev–Trinajstić information content (AvgIpc) is 2.18. The van der Waals surface area contributed by atoms with Crippen molar-refractivity contribution >= 4 is 42.5 Å².